The molecule has 1 unspecified atom stereocenters. The summed E-state index contributed by atoms with van der Waals surface area (Å²) >= 11 is 0. The zero-order valence-electron chi connectivity index (χ0n) is 14.6. The van der Waals surface area contributed by atoms with Crippen LogP contribution in [0.15, 0.2) is 30.3 Å². The zero-order valence-corrected chi connectivity index (χ0v) is 14.6. The van der Waals surface area contributed by atoms with Gasteiger partial charge in [-0.1, -0.05) is 44.2 Å². The topological polar surface area (TPSA) is 69.7 Å². The fourth-order valence-electron chi connectivity index (χ4n) is 3.53. The first kappa shape index (κ1) is 18.2. The van der Waals surface area contributed by atoms with Gasteiger partial charge in [-0.2, -0.15) is 0 Å². The minimum Gasteiger partial charge on any atom is -0.468 e. The lowest BCUT2D eigenvalue weighted by molar-refractivity contribution is -0.174. The molecule has 1 aliphatic rings. The summed E-state index contributed by atoms with van der Waals surface area (Å²) in [5.74, 6) is -1.78. The number of hydrogen-bond donors (Lipinski definition) is 0. The van der Waals surface area contributed by atoms with Crippen molar-refractivity contribution >= 4 is 17.7 Å². The number of carbonyl (C=O) groups is 3. The number of carbonyl (C=O) groups excluding carboxylic acids is 3. The lowest BCUT2D eigenvalue weighted by Crippen LogP contribution is -2.51. The molecule has 1 atom stereocenters. The van der Waals surface area contributed by atoms with Crippen LogP contribution in [0.3, 0.4) is 0 Å². The van der Waals surface area contributed by atoms with E-state index in [9.17, 15) is 14.4 Å². The predicted molar refractivity (Wildman–Crippen MR) is 88.4 cm³/mol. The maximum Gasteiger partial charge on any atom is 0.323 e. The molecule has 0 aromatic heterocycles. The number of ether oxygens (including phenoxy) is 2. The van der Waals surface area contributed by atoms with Crippen molar-refractivity contribution in [3.05, 3.63) is 35.9 Å². The third-order valence-corrected chi connectivity index (χ3v) is 5.22. The van der Waals surface area contributed by atoms with Gasteiger partial charge in [-0.15, -0.1) is 0 Å². The predicted octanol–water partition coefficient (Wildman–Crippen LogP) is 3.03. The second-order valence-electron chi connectivity index (χ2n) is 7.04. The SMILES string of the molecule is COC(=O)C1(C(=O)OC)CCC(C)(C)C(C(=O)c2ccccc2)C1. The summed E-state index contributed by atoms with van der Waals surface area (Å²) in [6.07, 6.45) is 0.978. The highest BCUT2D eigenvalue weighted by molar-refractivity contribution is 6.03. The van der Waals surface area contributed by atoms with E-state index in [1.807, 2.05) is 19.9 Å². The van der Waals surface area contributed by atoms with E-state index >= 15 is 0 Å². The molecule has 0 heterocycles. The van der Waals surface area contributed by atoms with Gasteiger partial charge in [0.25, 0.3) is 0 Å². The van der Waals surface area contributed by atoms with Gasteiger partial charge in [-0.05, 0) is 24.7 Å². The van der Waals surface area contributed by atoms with E-state index in [1.54, 1.807) is 24.3 Å². The molecular weight excluding hydrogens is 308 g/mol. The summed E-state index contributed by atoms with van der Waals surface area (Å²) < 4.78 is 9.73. The molecule has 1 saturated carbocycles. The van der Waals surface area contributed by atoms with Crippen LogP contribution in [0.5, 0.6) is 0 Å². The summed E-state index contributed by atoms with van der Waals surface area (Å²) in [4.78, 5) is 37.8. The summed E-state index contributed by atoms with van der Waals surface area (Å²) in [6, 6.07) is 8.96. The van der Waals surface area contributed by atoms with Crippen molar-refractivity contribution in [3.8, 4) is 0 Å². The zero-order chi connectivity index (χ0) is 18.0. The van der Waals surface area contributed by atoms with E-state index < -0.39 is 23.3 Å². The number of ketones is 1. The number of methoxy groups -OCH3 is 2. The standard InChI is InChI=1S/C19H24O5/c1-18(2)10-11-19(16(21)23-3,17(22)24-4)12-14(18)15(20)13-8-6-5-7-9-13/h5-9,14H,10-12H2,1-4H3. The molecule has 1 aromatic carbocycles. The highest BCUT2D eigenvalue weighted by atomic mass is 16.5. The van der Waals surface area contributed by atoms with Crippen LogP contribution in [0.1, 0.15) is 43.5 Å². The molecule has 5 heteroatoms. The third-order valence-electron chi connectivity index (χ3n) is 5.22. The van der Waals surface area contributed by atoms with Gasteiger partial charge >= 0.3 is 11.9 Å². The molecule has 0 N–H and O–H groups in total. The molecule has 1 aliphatic carbocycles. The molecule has 0 amide bonds. The van der Waals surface area contributed by atoms with Gasteiger partial charge in [0.05, 0.1) is 14.2 Å². The molecule has 2 rings (SSSR count). The highest BCUT2D eigenvalue weighted by Gasteiger charge is 2.57. The quantitative estimate of drug-likeness (QED) is 0.481. The minimum absolute atomic E-state index is 0.0579. The highest BCUT2D eigenvalue weighted by Crippen LogP contribution is 2.51. The van der Waals surface area contributed by atoms with Crippen molar-refractivity contribution < 1.29 is 23.9 Å². The maximum atomic E-state index is 13.0. The Labute approximate surface area is 142 Å². The van der Waals surface area contributed by atoms with E-state index in [4.69, 9.17) is 9.47 Å². The van der Waals surface area contributed by atoms with Crippen molar-refractivity contribution in [2.24, 2.45) is 16.7 Å². The molecule has 24 heavy (non-hydrogen) atoms. The van der Waals surface area contributed by atoms with Crippen molar-refractivity contribution in [1.29, 1.82) is 0 Å². The molecule has 130 valence electrons. The van der Waals surface area contributed by atoms with Crippen molar-refractivity contribution in [2.75, 3.05) is 14.2 Å². The summed E-state index contributed by atoms with van der Waals surface area (Å²) in [5.41, 5.74) is -1.15. The molecule has 1 fully saturated rings. The normalized spacial score (nSPS) is 21.6. The van der Waals surface area contributed by atoms with Crippen LogP contribution in [0.2, 0.25) is 0 Å². The molecule has 0 aliphatic heterocycles. The van der Waals surface area contributed by atoms with Crippen LogP contribution < -0.4 is 0 Å². The van der Waals surface area contributed by atoms with Gasteiger partial charge in [0.1, 0.15) is 0 Å². The smallest absolute Gasteiger partial charge is 0.323 e. The molecular formula is C19H24O5. The largest absolute Gasteiger partial charge is 0.468 e. The van der Waals surface area contributed by atoms with Crippen molar-refractivity contribution in [2.45, 2.75) is 33.1 Å². The van der Waals surface area contributed by atoms with Gasteiger partial charge in [0, 0.05) is 11.5 Å². The second kappa shape index (κ2) is 6.75. The van der Waals surface area contributed by atoms with Crippen LogP contribution in [0.25, 0.3) is 0 Å². The van der Waals surface area contributed by atoms with Gasteiger partial charge in [0.2, 0.25) is 0 Å². The number of Topliss-reactive ketones (excluding diaryl/α,β-unsaturated/α-hetero) is 1. The monoisotopic (exact) mass is 332 g/mol. The number of rotatable bonds is 4. The summed E-state index contributed by atoms with van der Waals surface area (Å²) in [5, 5.41) is 0. The van der Waals surface area contributed by atoms with Gasteiger partial charge < -0.3 is 9.47 Å². The Morgan fingerprint density at radius 3 is 2.00 bits per heavy atom. The van der Waals surface area contributed by atoms with Crippen molar-refractivity contribution in [3.63, 3.8) is 0 Å². The van der Waals surface area contributed by atoms with E-state index in [-0.39, 0.29) is 17.6 Å². The second-order valence-corrected chi connectivity index (χ2v) is 7.04. The lowest BCUT2D eigenvalue weighted by Gasteiger charge is -2.45. The lowest BCUT2D eigenvalue weighted by atomic mass is 9.57. The van der Waals surface area contributed by atoms with Gasteiger partial charge in [-0.3, -0.25) is 14.4 Å². The van der Waals surface area contributed by atoms with E-state index in [1.165, 1.54) is 14.2 Å². The molecule has 0 spiro atoms. The summed E-state index contributed by atoms with van der Waals surface area (Å²) in [7, 11) is 2.50. The fraction of sp³-hybridized carbons (Fsp3) is 0.526. The first-order chi connectivity index (χ1) is 11.3. The Balaban J connectivity index is 2.43. The van der Waals surface area contributed by atoms with Gasteiger partial charge in [-0.25, -0.2) is 0 Å². The molecule has 0 saturated heterocycles. The Morgan fingerprint density at radius 1 is 0.958 bits per heavy atom. The molecule has 0 bridgehead atoms. The van der Waals surface area contributed by atoms with E-state index in [0.717, 1.165) is 0 Å². The Morgan fingerprint density at radius 2 is 1.50 bits per heavy atom. The van der Waals surface area contributed by atoms with Gasteiger partial charge in [0.15, 0.2) is 11.2 Å². The van der Waals surface area contributed by atoms with Crippen LogP contribution in [0.4, 0.5) is 0 Å². The Bertz CT molecular complexity index is 616. The Kier molecular flexibility index (Phi) is 5.11. The first-order valence-corrected chi connectivity index (χ1v) is 8.04. The van der Waals surface area contributed by atoms with Crippen molar-refractivity contribution in [1.82, 2.24) is 0 Å². The van der Waals surface area contributed by atoms with Crippen LogP contribution >= 0.6 is 0 Å². The Hall–Kier alpha value is -2.17. The van der Waals surface area contributed by atoms with Crippen LogP contribution in [-0.2, 0) is 19.1 Å². The number of esters is 2. The number of hydrogen-bond acceptors (Lipinski definition) is 5. The maximum absolute atomic E-state index is 13.0. The molecule has 1 aromatic rings. The minimum atomic E-state index is -1.41. The van der Waals surface area contributed by atoms with E-state index in [0.29, 0.717) is 18.4 Å². The molecule has 0 radical (unpaired) electrons. The molecule has 5 nitrogen and oxygen atoms in total. The summed E-state index contributed by atoms with van der Waals surface area (Å²) in [6.45, 7) is 3.99. The average Bonchev–Trinajstić information content (AvgIpc) is 2.60. The van der Waals surface area contributed by atoms with Crippen LogP contribution in [0, 0.1) is 16.7 Å². The van der Waals surface area contributed by atoms with Crippen LogP contribution in [-0.4, -0.2) is 31.9 Å². The first-order valence-electron chi connectivity index (χ1n) is 8.04. The number of benzene rings is 1. The fourth-order valence-corrected chi connectivity index (χ4v) is 3.53. The van der Waals surface area contributed by atoms with E-state index in [2.05, 4.69) is 0 Å². The third kappa shape index (κ3) is 3.07. The average molecular weight is 332 g/mol.